The zero-order valence-corrected chi connectivity index (χ0v) is 17.2. The van der Waals surface area contributed by atoms with E-state index in [-0.39, 0.29) is 4.90 Å². The van der Waals surface area contributed by atoms with Crippen LogP contribution in [0.2, 0.25) is 0 Å². The van der Waals surface area contributed by atoms with Crippen LogP contribution in [-0.2, 0) is 10.0 Å². The van der Waals surface area contributed by atoms with Crippen LogP contribution >= 0.6 is 12.2 Å². The van der Waals surface area contributed by atoms with Crippen molar-refractivity contribution in [3.63, 3.8) is 0 Å². The van der Waals surface area contributed by atoms with Crippen molar-refractivity contribution >= 4 is 44.4 Å². The van der Waals surface area contributed by atoms with Gasteiger partial charge in [-0.1, -0.05) is 30.3 Å². The summed E-state index contributed by atoms with van der Waals surface area (Å²) in [6.45, 7) is 4.07. The lowest BCUT2D eigenvalue weighted by atomic mass is 10.1. The standard InChI is InChI=1S/C21H21N3O2S2/c1-15-7-6-10-20(16(15)2)23-21(27)22-17-11-13-19(14-12-17)28(25,26)24-18-8-4-3-5-9-18/h3-14,24H,1-2H3,(H2,22,23,27). The maximum absolute atomic E-state index is 12.5. The summed E-state index contributed by atoms with van der Waals surface area (Å²) in [6, 6.07) is 21.2. The summed E-state index contributed by atoms with van der Waals surface area (Å²) in [5, 5.41) is 6.67. The molecule has 3 N–H and O–H groups in total. The minimum atomic E-state index is -3.64. The van der Waals surface area contributed by atoms with Gasteiger partial charge in [0.25, 0.3) is 10.0 Å². The van der Waals surface area contributed by atoms with Gasteiger partial charge < -0.3 is 10.6 Å². The monoisotopic (exact) mass is 411 g/mol. The molecule has 0 aliphatic rings. The molecule has 7 heteroatoms. The summed E-state index contributed by atoms with van der Waals surface area (Å²) < 4.78 is 27.5. The van der Waals surface area contributed by atoms with Gasteiger partial charge >= 0.3 is 0 Å². The molecule has 0 saturated carbocycles. The topological polar surface area (TPSA) is 70.2 Å². The Morgan fingerprint density at radius 3 is 2.14 bits per heavy atom. The van der Waals surface area contributed by atoms with Crippen LogP contribution in [0.25, 0.3) is 0 Å². The normalized spacial score (nSPS) is 10.9. The van der Waals surface area contributed by atoms with E-state index in [1.54, 1.807) is 36.4 Å². The molecule has 0 saturated heterocycles. The van der Waals surface area contributed by atoms with Gasteiger partial charge in [0.1, 0.15) is 0 Å². The highest BCUT2D eigenvalue weighted by Crippen LogP contribution is 2.20. The average Bonchev–Trinajstić information content (AvgIpc) is 2.66. The molecule has 144 valence electrons. The zero-order valence-electron chi connectivity index (χ0n) is 15.6. The average molecular weight is 412 g/mol. The van der Waals surface area contributed by atoms with Gasteiger partial charge in [-0.2, -0.15) is 0 Å². The number of benzene rings is 3. The maximum Gasteiger partial charge on any atom is 0.261 e. The second-order valence-electron chi connectivity index (χ2n) is 6.32. The molecule has 0 aromatic heterocycles. The van der Waals surface area contributed by atoms with Gasteiger partial charge in [0.2, 0.25) is 0 Å². The third-order valence-electron chi connectivity index (χ3n) is 4.30. The van der Waals surface area contributed by atoms with E-state index in [4.69, 9.17) is 12.2 Å². The number of nitrogens with one attached hydrogen (secondary N) is 3. The van der Waals surface area contributed by atoms with E-state index in [1.807, 2.05) is 38.1 Å². The fraction of sp³-hybridized carbons (Fsp3) is 0.0952. The number of thiocarbonyl (C=S) groups is 1. The van der Waals surface area contributed by atoms with Gasteiger partial charge in [0.05, 0.1) is 4.90 Å². The first-order valence-electron chi connectivity index (χ1n) is 8.67. The third kappa shape index (κ3) is 4.88. The number of anilines is 3. The number of rotatable bonds is 5. The molecule has 0 radical (unpaired) electrons. The van der Waals surface area contributed by atoms with Crippen LogP contribution in [0.3, 0.4) is 0 Å². The summed E-state index contributed by atoms with van der Waals surface area (Å²) in [5.41, 5.74) is 4.45. The van der Waals surface area contributed by atoms with Crippen LogP contribution in [0.1, 0.15) is 11.1 Å². The number of aryl methyl sites for hydroxylation is 1. The molecule has 3 aromatic rings. The number of hydrogen-bond acceptors (Lipinski definition) is 3. The number of sulfonamides is 1. The molecule has 0 aliphatic carbocycles. The van der Waals surface area contributed by atoms with Crippen molar-refractivity contribution < 1.29 is 8.42 Å². The molecule has 3 aromatic carbocycles. The van der Waals surface area contributed by atoms with Crippen molar-refractivity contribution in [2.75, 3.05) is 15.4 Å². The van der Waals surface area contributed by atoms with E-state index in [2.05, 4.69) is 15.4 Å². The van der Waals surface area contributed by atoms with Crippen LogP contribution in [0.4, 0.5) is 17.1 Å². The van der Waals surface area contributed by atoms with Crippen molar-refractivity contribution in [1.29, 1.82) is 0 Å². The smallest absolute Gasteiger partial charge is 0.261 e. The molecule has 0 unspecified atom stereocenters. The van der Waals surface area contributed by atoms with Gasteiger partial charge in [0, 0.05) is 17.1 Å². The SMILES string of the molecule is Cc1cccc(NC(=S)Nc2ccc(S(=O)(=O)Nc3ccccc3)cc2)c1C. The molecule has 0 fully saturated rings. The van der Waals surface area contributed by atoms with Gasteiger partial charge in [-0.05, 0) is 79.7 Å². The molecule has 28 heavy (non-hydrogen) atoms. The Morgan fingerprint density at radius 1 is 0.786 bits per heavy atom. The van der Waals surface area contributed by atoms with Gasteiger partial charge in [-0.25, -0.2) is 8.42 Å². The van der Waals surface area contributed by atoms with E-state index in [1.165, 1.54) is 17.7 Å². The Labute approximate surface area is 170 Å². The zero-order chi connectivity index (χ0) is 20.1. The highest BCUT2D eigenvalue weighted by molar-refractivity contribution is 7.92. The minimum Gasteiger partial charge on any atom is -0.332 e. The first kappa shape index (κ1) is 19.9. The predicted molar refractivity (Wildman–Crippen MR) is 119 cm³/mol. The van der Waals surface area contributed by atoms with Crippen LogP contribution < -0.4 is 15.4 Å². The van der Waals surface area contributed by atoms with Crippen molar-refractivity contribution in [2.24, 2.45) is 0 Å². The first-order chi connectivity index (χ1) is 13.3. The highest BCUT2D eigenvalue weighted by Gasteiger charge is 2.14. The summed E-state index contributed by atoms with van der Waals surface area (Å²) in [6.07, 6.45) is 0. The molecule has 0 bridgehead atoms. The van der Waals surface area contributed by atoms with Crippen LogP contribution in [0.15, 0.2) is 77.7 Å². The molecule has 5 nitrogen and oxygen atoms in total. The molecular formula is C21H21N3O2S2. The van der Waals surface area contributed by atoms with Crippen LogP contribution in [0, 0.1) is 13.8 Å². The van der Waals surface area contributed by atoms with Crippen molar-refractivity contribution in [1.82, 2.24) is 0 Å². The fourth-order valence-corrected chi connectivity index (χ4v) is 3.90. The lowest BCUT2D eigenvalue weighted by molar-refractivity contribution is 0.601. The Balaban J connectivity index is 1.67. The maximum atomic E-state index is 12.5. The third-order valence-corrected chi connectivity index (χ3v) is 5.90. The minimum absolute atomic E-state index is 0.176. The second-order valence-corrected chi connectivity index (χ2v) is 8.41. The van der Waals surface area contributed by atoms with E-state index >= 15 is 0 Å². The largest absolute Gasteiger partial charge is 0.332 e. The quantitative estimate of drug-likeness (QED) is 0.520. The number of para-hydroxylation sites is 1. The van der Waals surface area contributed by atoms with Crippen molar-refractivity contribution in [3.05, 3.63) is 83.9 Å². The first-order valence-corrected chi connectivity index (χ1v) is 10.6. The second kappa shape index (κ2) is 8.41. The Morgan fingerprint density at radius 2 is 1.46 bits per heavy atom. The fourth-order valence-electron chi connectivity index (χ4n) is 2.61. The van der Waals surface area contributed by atoms with E-state index in [0.717, 1.165) is 11.3 Å². The van der Waals surface area contributed by atoms with Gasteiger partial charge in [0.15, 0.2) is 5.11 Å². The number of hydrogen-bond donors (Lipinski definition) is 3. The Hall–Kier alpha value is -2.90. The van der Waals surface area contributed by atoms with E-state index in [0.29, 0.717) is 16.5 Å². The van der Waals surface area contributed by atoms with E-state index < -0.39 is 10.0 Å². The molecule has 0 spiro atoms. The molecule has 0 aliphatic heterocycles. The molecule has 3 rings (SSSR count). The summed E-state index contributed by atoms with van der Waals surface area (Å²) in [7, 11) is -3.64. The van der Waals surface area contributed by atoms with Crippen molar-refractivity contribution in [2.45, 2.75) is 18.7 Å². The summed E-state index contributed by atoms with van der Waals surface area (Å²) in [4.78, 5) is 0.176. The Kier molecular flexibility index (Phi) is 5.96. The lowest BCUT2D eigenvalue weighted by Gasteiger charge is -2.14. The lowest BCUT2D eigenvalue weighted by Crippen LogP contribution is -2.20. The molecule has 0 amide bonds. The molecular weight excluding hydrogens is 390 g/mol. The predicted octanol–water partition coefficient (Wildman–Crippen LogP) is 4.91. The van der Waals surface area contributed by atoms with Crippen LogP contribution in [-0.4, -0.2) is 13.5 Å². The molecule has 0 atom stereocenters. The van der Waals surface area contributed by atoms with Crippen LogP contribution in [0.5, 0.6) is 0 Å². The molecule has 0 heterocycles. The van der Waals surface area contributed by atoms with Crippen molar-refractivity contribution in [3.8, 4) is 0 Å². The van der Waals surface area contributed by atoms with E-state index in [9.17, 15) is 8.42 Å². The summed E-state index contributed by atoms with van der Waals surface area (Å²) in [5.74, 6) is 0. The summed E-state index contributed by atoms with van der Waals surface area (Å²) >= 11 is 5.36. The van der Waals surface area contributed by atoms with Gasteiger partial charge in [-0.3, -0.25) is 4.72 Å². The van der Waals surface area contributed by atoms with Gasteiger partial charge in [-0.15, -0.1) is 0 Å². The Bertz CT molecular complexity index is 1080. The highest BCUT2D eigenvalue weighted by atomic mass is 32.2.